The predicted molar refractivity (Wildman–Crippen MR) is 103 cm³/mol. The van der Waals surface area contributed by atoms with Crippen molar-refractivity contribution >= 4 is 40.7 Å². The number of fused-ring (bicyclic) bond motifs is 1. The summed E-state index contributed by atoms with van der Waals surface area (Å²) in [6.45, 7) is -0.241. The van der Waals surface area contributed by atoms with Gasteiger partial charge in [0.25, 0.3) is 0 Å². The van der Waals surface area contributed by atoms with Gasteiger partial charge in [-0.05, 0) is 6.42 Å². The zero-order chi connectivity index (χ0) is 23.5. The van der Waals surface area contributed by atoms with Crippen LogP contribution < -0.4 is 15.8 Å². The van der Waals surface area contributed by atoms with Gasteiger partial charge in [0.05, 0.1) is 11.6 Å². The first-order valence-electron chi connectivity index (χ1n) is 8.84. The average Bonchev–Trinajstić information content (AvgIpc) is 3.18. The predicted octanol–water partition coefficient (Wildman–Crippen LogP) is 2.81. The van der Waals surface area contributed by atoms with E-state index in [2.05, 4.69) is 40.0 Å². The summed E-state index contributed by atoms with van der Waals surface area (Å²) in [5.74, 6) is -6.58. The first kappa shape index (κ1) is 23.4. The summed E-state index contributed by atoms with van der Waals surface area (Å²) in [6, 6.07) is 0.979. The molecular formula is C16H15F5N8O2S. The van der Waals surface area contributed by atoms with Crippen LogP contribution in [0.4, 0.5) is 33.8 Å². The van der Waals surface area contributed by atoms with Gasteiger partial charge in [-0.25, -0.2) is 15.0 Å². The van der Waals surface area contributed by atoms with E-state index in [0.717, 1.165) is 24.0 Å². The van der Waals surface area contributed by atoms with Gasteiger partial charge in [0, 0.05) is 12.3 Å². The van der Waals surface area contributed by atoms with Crippen LogP contribution in [-0.4, -0.2) is 59.8 Å². The molecular weight excluding hydrogens is 463 g/mol. The number of imidazole rings is 1. The number of aromatic nitrogens is 6. The van der Waals surface area contributed by atoms with Gasteiger partial charge in [-0.15, -0.1) is 0 Å². The summed E-state index contributed by atoms with van der Waals surface area (Å²) < 4.78 is 67.2. The molecule has 3 rings (SSSR count). The van der Waals surface area contributed by atoms with Crippen LogP contribution >= 0.6 is 11.8 Å². The number of ether oxygens (including phenoxy) is 1. The molecule has 0 aromatic carbocycles. The third-order valence-electron chi connectivity index (χ3n) is 3.87. The number of nitrogens with zero attached hydrogens (tertiary/aromatic N) is 5. The van der Waals surface area contributed by atoms with Crippen molar-refractivity contribution < 1.29 is 31.5 Å². The van der Waals surface area contributed by atoms with Crippen LogP contribution in [0.25, 0.3) is 11.2 Å². The molecule has 0 saturated carbocycles. The summed E-state index contributed by atoms with van der Waals surface area (Å²) in [5, 5.41) is 2.03. The fourth-order valence-electron chi connectivity index (χ4n) is 2.28. The summed E-state index contributed by atoms with van der Waals surface area (Å²) in [5.41, 5.74) is 6.45. The molecule has 16 heteroatoms. The van der Waals surface area contributed by atoms with Gasteiger partial charge in [-0.2, -0.15) is 31.9 Å². The SMILES string of the molecule is CC[C@@H](Sc1nc(N)nc2nc[nH]c12)C(=O)Nc1nccc(OCC(F)(F)C(F)(F)F)n1. The molecule has 3 heterocycles. The molecule has 4 N–H and O–H groups in total. The lowest BCUT2D eigenvalue weighted by Gasteiger charge is -2.19. The molecule has 0 bridgehead atoms. The first-order chi connectivity index (χ1) is 15.0. The number of hydrogen-bond donors (Lipinski definition) is 3. The van der Waals surface area contributed by atoms with Crippen molar-refractivity contribution in [1.82, 2.24) is 29.9 Å². The maximum Gasteiger partial charge on any atom is 0.456 e. The topological polar surface area (TPSA) is 145 Å². The lowest BCUT2D eigenvalue weighted by atomic mass is 10.3. The van der Waals surface area contributed by atoms with Gasteiger partial charge < -0.3 is 15.5 Å². The number of nitrogens with two attached hydrogens (primary N) is 1. The largest absolute Gasteiger partial charge is 0.471 e. The van der Waals surface area contributed by atoms with Gasteiger partial charge in [-0.1, -0.05) is 18.7 Å². The number of rotatable bonds is 8. The minimum absolute atomic E-state index is 0.0359. The Morgan fingerprint density at radius 3 is 2.69 bits per heavy atom. The normalized spacial score (nSPS) is 13.2. The van der Waals surface area contributed by atoms with Crippen molar-refractivity contribution in [3.63, 3.8) is 0 Å². The van der Waals surface area contributed by atoms with Crippen molar-refractivity contribution in [3.8, 4) is 5.88 Å². The number of alkyl halides is 5. The molecule has 1 amide bonds. The molecule has 0 unspecified atom stereocenters. The Balaban J connectivity index is 1.69. The molecule has 10 nitrogen and oxygen atoms in total. The highest BCUT2D eigenvalue weighted by molar-refractivity contribution is 8.00. The number of carbonyl (C=O) groups excluding carboxylic acids is 1. The van der Waals surface area contributed by atoms with E-state index < -0.39 is 35.7 Å². The number of thioether (sulfide) groups is 1. The van der Waals surface area contributed by atoms with Gasteiger partial charge in [-0.3, -0.25) is 10.1 Å². The molecule has 0 aliphatic heterocycles. The number of H-pyrrole nitrogens is 1. The molecule has 0 aliphatic rings. The second-order valence-electron chi connectivity index (χ2n) is 6.20. The summed E-state index contributed by atoms with van der Waals surface area (Å²) in [4.78, 5) is 34.9. The Kier molecular flexibility index (Phi) is 6.61. The van der Waals surface area contributed by atoms with Crippen molar-refractivity contribution in [1.29, 1.82) is 0 Å². The van der Waals surface area contributed by atoms with Gasteiger partial charge in [0.2, 0.25) is 23.7 Å². The Hall–Kier alpha value is -3.30. The summed E-state index contributed by atoms with van der Waals surface area (Å²) in [7, 11) is 0. The van der Waals surface area contributed by atoms with Crippen molar-refractivity contribution in [2.75, 3.05) is 17.7 Å². The highest BCUT2D eigenvalue weighted by Gasteiger charge is 2.58. The molecule has 0 saturated heterocycles. The highest BCUT2D eigenvalue weighted by atomic mass is 32.2. The molecule has 0 fully saturated rings. The number of aromatic amines is 1. The summed E-state index contributed by atoms with van der Waals surface area (Å²) in [6.07, 6.45) is -3.00. The second-order valence-corrected chi connectivity index (χ2v) is 7.39. The zero-order valence-electron chi connectivity index (χ0n) is 16.2. The van der Waals surface area contributed by atoms with Crippen LogP contribution in [0.5, 0.6) is 5.88 Å². The number of halogens is 5. The van der Waals surface area contributed by atoms with Crippen LogP contribution in [0.3, 0.4) is 0 Å². The van der Waals surface area contributed by atoms with Gasteiger partial charge in [0.1, 0.15) is 10.5 Å². The molecule has 1 atom stereocenters. The molecule has 3 aromatic heterocycles. The monoisotopic (exact) mass is 478 g/mol. The maximum atomic E-state index is 13.0. The molecule has 0 aliphatic carbocycles. The number of nitrogens with one attached hydrogen (secondary N) is 2. The summed E-state index contributed by atoms with van der Waals surface area (Å²) >= 11 is 1.06. The Labute approximate surface area is 180 Å². The number of anilines is 2. The smallest absolute Gasteiger partial charge is 0.456 e. The van der Waals surface area contributed by atoms with Crippen LogP contribution in [-0.2, 0) is 4.79 Å². The lowest BCUT2D eigenvalue weighted by Crippen LogP contribution is -2.41. The van der Waals surface area contributed by atoms with E-state index in [1.54, 1.807) is 6.92 Å². The lowest BCUT2D eigenvalue weighted by molar-refractivity contribution is -0.290. The molecule has 0 radical (unpaired) electrons. The average molecular weight is 478 g/mol. The van der Waals surface area contributed by atoms with E-state index in [1.807, 2.05) is 0 Å². The number of carbonyl (C=O) groups is 1. The van der Waals surface area contributed by atoms with E-state index >= 15 is 0 Å². The molecule has 172 valence electrons. The highest BCUT2D eigenvalue weighted by Crippen LogP contribution is 2.35. The van der Waals surface area contributed by atoms with Gasteiger partial charge in [0.15, 0.2) is 12.3 Å². The van der Waals surface area contributed by atoms with E-state index in [9.17, 15) is 26.7 Å². The first-order valence-corrected chi connectivity index (χ1v) is 9.72. The van der Waals surface area contributed by atoms with Crippen LogP contribution in [0.15, 0.2) is 23.6 Å². The molecule has 3 aromatic rings. The Bertz CT molecular complexity index is 1110. The quantitative estimate of drug-likeness (QED) is 0.253. The standard InChI is InChI=1S/C16H15F5N8O2S/c1-2-7(32-12-9-10(25-6-24-9)27-13(22)29-12)11(30)28-14-23-4-3-8(26-14)31-5-15(17,18)16(19,20)21/h3-4,6-7H,2,5H2,1H3,(H,23,26,28,30)(H3,22,24,25,27,29)/t7-/m1/s1. The Morgan fingerprint density at radius 1 is 1.25 bits per heavy atom. The van der Waals surface area contributed by atoms with E-state index in [0.29, 0.717) is 22.6 Å². The van der Waals surface area contributed by atoms with Crippen LogP contribution in [0.2, 0.25) is 0 Å². The second kappa shape index (κ2) is 9.05. The fourth-order valence-corrected chi connectivity index (χ4v) is 3.30. The van der Waals surface area contributed by atoms with Crippen molar-refractivity contribution in [3.05, 3.63) is 18.6 Å². The number of nitrogen functional groups attached to an aromatic ring is 1. The van der Waals surface area contributed by atoms with Crippen molar-refractivity contribution in [2.45, 2.75) is 35.7 Å². The fraction of sp³-hybridized carbons (Fsp3) is 0.375. The van der Waals surface area contributed by atoms with E-state index in [-0.39, 0.29) is 11.9 Å². The van der Waals surface area contributed by atoms with Crippen LogP contribution in [0, 0.1) is 0 Å². The third kappa shape index (κ3) is 5.30. The van der Waals surface area contributed by atoms with Gasteiger partial charge >= 0.3 is 12.1 Å². The number of amides is 1. The van der Waals surface area contributed by atoms with Crippen molar-refractivity contribution in [2.24, 2.45) is 0 Å². The van der Waals surface area contributed by atoms with E-state index in [4.69, 9.17) is 5.73 Å². The minimum atomic E-state index is -5.77. The third-order valence-corrected chi connectivity index (χ3v) is 5.22. The maximum absolute atomic E-state index is 13.0. The number of hydrogen-bond acceptors (Lipinski definition) is 9. The molecule has 0 spiro atoms. The van der Waals surface area contributed by atoms with Crippen LogP contribution in [0.1, 0.15) is 13.3 Å². The minimum Gasteiger partial charge on any atom is -0.471 e. The van der Waals surface area contributed by atoms with E-state index in [1.165, 1.54) is 6.33 Å². The molecule has 32 heavy (non-hydrogen) atoms. The zero-order valence-corrected chi connectivity index (χ0v) is 17.0. The Morgan fingerprint density at radius 2 is 2.00 bits per heavy atom.